The van der Waals surface area contributed by atoms with Gasteiger partial charge in [-0.05, 0) is 50.8 Å². The smallest absolute Gasteiger partial charge is 0.273 e. The Kier molecular flexibility index (Phi) is 4.75. The van der Waals surface area contributed by atoms with E-state index in [0.29, 0.717) is 16.8 Å². The third-order valence-electron chi connectivity index (χ3n) is 3.01. The molecule has 1 saturated heterocycles. The first kappa shape index (κ1) is 14.0. The predicted octanol–water partition coefficient (Wildman–Crippen LogP) is 2.86. The molecule has 0 N–H and O–H groups in total. The molecule has 1 aromatic heterocycles. The minimum Gasteiger partial charge on any atom is -0.383 e. The molecule has 1 amide bonds. The summed E-state index contributed by atoms with van der Waals surface area (Å²) in [4.78, 5) is 18.5. The van der Waals surface area contributed by atoms with Crippen molar-refractivity contribution in [2.75, 3.05) is 20.3 Å². The first-order chi connectivity index (χ1) is 8.63. The third-order valence-corrected chi connectivity index (χ3v) is 4.05. The highest BCUT2D eigenvalue weighted by atomic mass is 79.9. The number of carbonyl (C=O) groups is 1. The molecule has 0 radical (unpaired) electrons. The molecule has 0 aromatic carbocycles. The van der Waals surface area contributed by atoms with E-state index in [0.717, 1.165) is 23.9 Å². The highest BCUT2D eigenvalue weighted by Crippen LogP contribution is 2.25. The summed E-state index contributed by atoms with van der Waals surface area (Å²) in [5, 5.41) is 0. The van der Waals surface area contributed by atoms with E-state index in [1.54, 1.807) is 13.3 Å². The molecule has 2 heterocycles. The monoisotopic (exact) mass is 376 g/mol. The van der Waals surface area contributed by atoms with Gasteiger partial charge in [0, 0.05) is 24.3 Å². The van der Waals surface area contributed by atoms with E-state index < -0.39 is 0 Å². The molecule has 0 bridgehead atoms. The second-order valence-corrected chi connectivity index (χ2v) is 6.00. The Morgan fingerprint density at radius 1 is 1.61 bits per heavy atom. The van der Waals surface area contributed by atoms with Crippen LogP contribution in [0.15, 0.2) is 21.2 Å². The number of ether oxygens (including phenoxy) is 1. The van der Waals surface area contributed by atoms with Gasteiger partial charge in [-0.3, -0.25) is 4.79 Å². The van der Waals surface area contributed by atoms with E-state index in [4.69, 9.17) is 4.74 Å². The van der Waals surface area contributed by atoms with E-state index in [1.807, 2.05) is 11.0 Å². The lowest BCUT2D eigenvalue weighted by atomic mass is 10.2. The van der Waals surface area contributed by atoms with Crippen LogP contribution in [0, 0.1) is 0 Å². The van der Waals surface area contributed by atoms with Crippen molar-refractivity contribution in [2.45, 2.75) is 18.9 Å². The van der Waals surface area contributed by atoms with Gasteiger partial charge >= 0.3 is 0 Å². The fraction of sp³-hybridized carbons (Fsp3) is 0.500. The van der Waals surface area contributed by atoms with Crippen LogP contribution in [0.4, 0.5) is 0 Å². The van der Waals surface area contributed by atoms with Crippen LogP contribution in [0.3, 0.4) is 0 Å². The molecule has 1 aromatic rings. The standard InChI is InChI=1S/C12H14Br2N2O2/c1-18-7-9-3-2-4-16(9)12(17)11-10(14)5-8(13)6-15-11/h5-6,9H,2-4,7H2,1H3/t9-/m1/s1. The average Bonchev–Trinajstić information content (AvgIpc) is 2.77. The van der Waals surface area contributed by atoms with Gasteiger partial charge in [-0.25, -0.2) is 4.98 Å². The summed E-state index contributed by atoms with van der Waals surface area (Å²) in [6.45, 7) is 1.36. The minimum absolute atomic E-state index is 0.0334. The Morgan fingerprint density at radius 2 is 2.39 bits per heavy atom. The summed E-state index contributed by atoms with van der Waals surface area (Å²) in [6, 6.07) is 2.00. The van der Waals surface area contributed by atoms with E-state index >= 15 is 0 Å². The molecule has 0 unspecified atom stereocenters. The first-order valence-corrected chi connectivity index (χ1v) is 7.33. The number of pyridine rings is 1. The van der Waals surface area contributed by atoms with Crippen molar-refractivity contribution in [2.24, 2.45) is 0 Å². The quantitative estimate of drug-likeness (QED) is 0.813. The summed E-state index contributed by atoms with van der Waals surface area (Å²) >= 11 is 6.71. The van der Waals surface area contributed by atoms with Crippen LogP contribution in [0.1, 0.15) is 23.3 Å². The molecule has 4 nitrogen and oxygen atoms in total. The summed E-state index contributed by atoms with van der Waals surface area (Å²) < 4.78 is 6.72. The number of likely N-dealkylation sites (tertiary alicyclic amines) is 1. The Labute approximate surface area is 123 Å². The number of rotatable bonds is 3. The van der Waals surface area contributed by atoms with Crippen molar-refractivity contribution in [3.63, 3.8) is 0 Å². The van der Waals surface area contributed by atoms with Crippen molar-refractivity contribution in [1.82, 2.24) is 9.88 Å². The van der Waals surface area contributed by atoms with Gasteiger partial charge in [0.1, 0.15) is 5.69 Å². The van der Waals surface area contributed by atoms with Crippen LogP contribution in [0.5, 0.6) is 0 Å². The SMILES string of the molecule is COC[C@H]1CCCN1C(=O)c1ncc(Br)cc1Br. The average molecular weight is 378 g/mol. The van der Waals surface area contributed by atoms with Crippen LogP contribution >= 0.6 is 31.9 Å². The number of carbonyl (C=O) groups excluding carboxylic acids is 1. The number of halogens is 2. The lowest BCUT2D eigenvalue weighted by molar-refractivity contribution is 0.0624. The molecule has 0 spiro atoms. The van der Waals surface area contributed by atoms with Gasteiger partial charge in [-0.2, -0.15) is 0 Å². The predicted molar refractivity (Wildman–Crippen MR) is 75.6 cm³/mol. The maximum atomic E-state index is 12.4. The van der Waals surface area contributed by atoms with Crippen molar-refractivity contribution in [3.05, 3.63) is 26.9 Å². The fourth-order valence-electron chi connectivity index (χ4n) is 2.18. The second-order valence-electron chi connectivity index (χ2n) is 4.23. The van der Waals surface area contributed by atoms with Gasteiger partial charge in [-0.15, -0.1) is 0 Å². The number of amides is 1. The van der Waals surface area contributed by atoms with Gasteiger partial charge < -0.3 is 9.64 Å². The Hall–Kier alpha value is -0.460. The molecule has 0 aliphatic carbocycles. The number of hydrogen-bond donors (Lipinski definition) is 0. The number of aromatic nitrogens is 1. The highest BCUT2D eigenvalue weighted by Gasteiger charge is 2.30. The molecular weight excluding hydrogens is 364 g/mol. The topological polar surface area (TPSA) is 42.4 Å². The maximum absolute atomic E-state index is 12.4. The summed E-state index contributed by atoms with van der Waals surface area (Å²) in [5.74, 6) is -0.0334. The molecular formula is C12H14Br2N2O2. The van der Waals surface area contributed by atoms with Crippen LogP contribution in [0.2, 0.25) is 0 Å². The first-order valence-electron chi connectivity index (χ1n) is 5.74. The van der Waals surface area contributed by atoms with E-state index in [-0.39, 0.29) is 11.9 Å². The lowest BCUT2D eigenvalue weighted by Crippen LogP contribution is -2.38. The molecule has 2 rings (SSSR count). The number of nitrogens with zero attached hydrogens (tertiary/aromatic N) is 2. The van der Waals surface area contributed by atoms with Crippen molar-refractivity contribution in [3.8, 4) is 0 Å². The normalized spacial score (nSPS) is 19.3. The van der Waals surface area contributed by atoms with Crippen molar-refractivity contribution >= 4 is 37.8 Å². The molecule has 1 aliphatic rings. The Morgan fingerprint density at radius 3 is 3.06 bits per heavy atom. The zero-order valence-corrected chi connectivity index (χ0v) is 13.2. The van der Waals surface area contributed by atoms with E-state index in [2.05, 4.69) is 36.8 Å². The number of methoxy groups -OCH3 is 1. The maximum Gasteiger partial charge on any atom is 0.273 e. The Bertz CT molecular complexity index is 454. The van der Waals surface area contributed by atoms with Crippen LogP contribution in [0.25, 0.3) is 0 Å². The largest absolute Gasteiger partial charge is 0.383 e. The van der Waals surface area contributed by atoms with Gasteiger partial charge in [0.2, 0.25) is 0 Å². The summed E-state index contributed by atoms with van der Waals surface area (Å²) in [6.07, 6.45) is 3.65. The Balaban J connectivity index is 2.20. The summed E-state index contributed by atoms with van der Waals surface area (Å²) in [5.41, 5.74) is 0.459. The fourth-order valence-corrected chi connectivity index (χ4v) is 3.33. The lowest BCUT2D eigenvalue weighted by Gasteiger charge is -2.24. The molecule has 6 heteroatoms. The van der Waals surface area contributed by atoms with Gasteiger partial charge in [-0.1, -0.05) is 0 Å². The molecule has 1 fully saturated rings. The highest BCUT2D eigenvalue weighted by molar-refractivity contribution is 9.11. The van der Waals surface area contributed by atoms with Crippen molar-refractivity contribution < 1.29 is 9.53 Å². The molecule has 98 valence electrons. The van der Waals surface area contributed by atoms with Crippen LogP contribution in [-0.2, 0) is 4.74 Å². The van der Waals surface area contributed by atoms with Gasteiger partial charge in [0.25, 0.3) is 5.91 Å². The van der Waals surface area contributed by atoms with Crippen LogP contribution in [-0.4, -0.2) is 42.1 Å². The number of hydrogen-bond acceptors (Lipinski definition) is 3. The van der Waals surface area contributed by atoms with E-state index in [1.165, 1.54) is 0 Å². The molecule has 18 heavy (non-hydrogen) atoms. The molecule has 0 saturated carbocycles. The van der Waals surface area contributed by atoms with Gasteiger partial charge in [0.05, 0.1) is 17.1 Å². The van der Waals surface area contributed by atoms with E-state index in [9.17, 15) is 4.79 Å². The minimum atomic E-state index is -0.0334. The molecule has 1 aliphatic heterocycles. The third kappa shape index (κ3) is 2.92. The second kappa shape index (κ2) is 6.12. The van der Waals surface area contributed by atoms with Gasteiger partial charge in [0.15, 0.2) is 0 Å². The van der Waals surface area contributed by atoms with Crippen LogP contribution < -0.4 is 0 Å². The summed E-state index contributed by atoms with van der Waals surface area (Å²) in [7, 11) is 1.66. The zero-order valence-electron chi connectivity index (χ0n) is 10.0. The zero-order chi connectivity index (χ0) is 13.1. The van der Waals surface area contributed by atoms with Crippen molar-refractivity contribution in [1.29, 1.82) is 0 Å². The molecule has 1 atom stereocenters.